The Labute approximate surface area is 129 Å². The smallest absolute Gasteiger partial charge is 0.307 e. The van der Waals surface area contributed by atoms with E-state index in [1.54, 1.807) is 18.2 Å². The van der Waals surface area contributed by atoms with Crippen LogP contribution in [0.1, 0.15) is 30.7 Å². The van der Waals surface area contributed by atoms with E-state index in [0.29, 0.717) is 24.4 Å². The van der Waals surface area contributed by atoms with E-state index in [1.807, 2.05) is 0 Å². The number of halogens is 1. The molecule has 4 nitrogen and oxygen atoms in total. The van der Waals surface area contributed by atoms with Crippen LogP contribution >= 0.6 is 0 Å². The van der Waals surface area contributed by atoms with Crippen LogP contribution in [0, 0.1) is 11.7 Å². The van der Waals surface area contributed by atoms with Crippen molar-refractivity contribution < 1.29 is 19.0 Å². The monoisotopic (exact) mass is 307 g/mol. The van der Waals surface area contributed by atoms with Crippen LogP contribution in [-0.2, 0) is 9.53 Å². The fraction of sp³-hybridized carbons (Fsp3) is 0.588. The van der Waals surface area contributed by atoms with Crippen LogP contribution in [0.4, 0.5) is 4.39 Å². The molecule has 1 heterocycles. The van der Waals surface area contributed by atoms with Crippen molar-refractivity contribution in [2.45, 2.75) is 31.2 Å². The first kappa shape index (κ1) is 15.4. The first-order chi connectivity index (χ1) is 10.7. The number of carboxylic acids is 1. The van der Waals surface area contributed by atoms with Gasteiger partial charge in [0.2, 0.25) is 0 Å². The highest BCUT2D eigenvalue weighted by atomic mass is 19.1. The van der Waals surface area contributed by atoms with Gasteiger partial charge in [-0.1, -0.05) is 18.2 Å². The lowest BCUT2D eigenvalue weighted by Crippen LogP contribution is -2.47. The van der Waals surface area contributed by atoms with Gasteiger partial charge in [-0.15, -0.1) is 0 Å². The molecule has 1 aromatic rings. The normalized spacial score (nSPS) is 30.1. The van der Waals surface area contributed by atoms with Crippen molar-refractivity contribution in [3.8, 4) is 0 Å². The van der Waals surface area contributed by atoms with Gasteiger partial charge in [-0.3, -0.25) is 9.69 Å². The van der Waals surface area contributed by atoms with Crippen molar-refractivity contribution in [2.24, 2.45) is 5.92 Å². The number of ether oxygens (including phenoxy) is 1. The summed E-state index contributed by atoms with van der Waals surface area (Å²) in [6.45, 7) is 3.21. The Morgan fingerprint density at radius 3 is 2.64 bits per heavy atom. The molecular formula is C17H22FNO3. The van der Waals surface area contributed by atoms with Crippen molar-refractivity contribution in [2.75, 3.05) is 26.3 Å². The highest BCUT2D eigenvalue weighted by Crippen LogP contribution is 2.40. The van der Waals surface area contributed by atoms with E-state index in [-0.39, 0.29) is 11.7 Å². The Hall–Kier alpha value is -1.46. The molecule has 1 saturated carbocycles. The quantitative estimate of drug-likeness (QED) is 0.932. The minimum atomic E-state index is -0.811. The Kier molecular flexibility index (Phi) is 4.74. The number of benzene rings is 1. The number of carbonyl (C=O) groups is 1. The maximum Gasteiger partial charge on any atom is 0.307 e. The highest BCUT2D eigenvalue weighted by Gasteiger charge is 2.39. The lowest BCUT2D eigenvalue weighted by molar-refractivity contribution is -0.144. The number of carboxylic acid groups (broad SMARTS) is 1. The molecule has 1 aliphatic carbocycles. The summed E-state index contributed by atoms with van der Waals surface area (Å²) in [6, 6.07) is 6.92. The number of nitrogens with zero attached hydrogens (tertiary/aromatic N) is 1. The maximum atomic E-state index is 14.2. The van der Waals surface area contributed by atoms with Crippen LogP contribution < -0.4 is 0 Å². The third kappa shape index (κ3) is 3.15. The summed E-state index contributed by atoms with van der Waals surface area (Å²) in [6.07, 6.45) is 2.18. The highest BCUT2D eigenvalue weighted by molar-refractivity contribution is 5.71. The second kappa shape index (κ2) is 6.75. The van der Waals surface area contributed by atoms with Gasteiger partial charge in [-0.25, -0.2) is 4.39 Å². The van der Waals surface area contributed by atoms with Gasteiger partial charge < -0.3 is 9.84 Å². The summed E-state index contributed by atoms with van der Waals surface area (Å²) < 4.78 is 19.5. The zero-order valence-electron chi connectivity index (χ0n) is 12.6. The van der Waals surface area contributed by atoms with E-state index in [9.17, 15) is 14.3 Å². The minimum absolute atomic E-state index is 0.250. The number of hydrogen-bond donors (Lipinski definition) is 1. The summed E-state index contributed by atoms with van der Waals surface area (Å²) in [5, 5.41) is 9.50. The van der Waals surface area contributed by atoms with E-state index in [1.165, 1.54) is 6.07 Å². The van der Waals surface area contributed by atoms with Crippen LogP contribution in [-0.4, -0.2) is 48.3 Å². The molecule has 1 N–H and O–H groups in total. The van der Waals surface area contributed by atoms with Gasteiger partial charge >= 0.3 is 5.97 Å². The van der Waals surface area contributed by atoms with Gasteiger partial charge in [0.05, 0.1) is 19.1 Å². The van der Waals surface area contributed by atoms with Crippen LogP contribution in [0.5, 0.6) is 0 Å². The topological polar surface area (TPSA) is 49.8 Å². The first-order valence-corrected chi connectivity index (χ1v) is 7.96. The van der Waals surface area contributed by atoms with Gasteiger partial charge in [0.1, 0.15) is 5.82 Å². The van der Waals surface area contributed by atoms with Crippen molar-refractivity contribution in [1.29, 1.82) is 0 Å². The molecule has 22 heavy (non-hydrogen) atoms. The molecule has 3 rings (SSSR count). The Morgan fingerprint density at radius 1 is 1.23 bits per heavy atom. The summed E-state index contributed by atoms with van der Waals surface area (Å²) in [5.74, 6) is -1.84. The molecule has 120 valence electrons. The van der Waals surface area contributed by atoms with E-state index >= 15 is 0 Å². The summed E-state index contributed by atoms with van der Waals surface area (Å²) in [5.41, 5.74) is 0.549. The second-order valence-corrected chi connectivity index (χ2v) is 6.19. The fourth-order valence-corrected chi connectivity index (χ4v) is 3.84. The molecule has 1 aromatic carbocycles. The van der Waals surface area contributed by atoms with Gasteiger partial charge in [0.25, 0.3) is 0 Å². The molecule has 0 spiro atoms. The number of rotatable bonds is 3. The molecule has 5 heteroatoms. The van der Waals surface area contributed by atoms with Crippen LogP contribution in [0.2, 0.25) is 0 Å². The van der Waals surface area contributed by atoms with E-state index in [4.69, 9.17) is 4.74 Å². The molecule has 0 bridgehead atoms. The molecule has 1 saturated heterocycles. The lowest BCUT2D eigenvalue weighted by atomic mass is 9.73. The third-order valence-corrected chi connectivity index (χ3v) is 5.01. The predicted molar refractivity (Wildman–Crippen MR) is 80.3 cm³/mol. The largest absolute Gasteiger partial charge is 0.481 e. The Bertz CT molecular complexity index is 530. The van der Waals surface area contributed by atoms with Crippen molar-refractivity contribution in [1.82, 2.24) is 4.90 Å². The average Bonchev–Trinajstić information content (AvgIpc) is 2.55. The van der Waals surface area contributed by atoms with Gasteiger partial charge in [0, 0.05) is 25.0 Å². The van der Waals surface area contributed by atoms with Crippen LogP contribution in [0.25, 0.3) is 0 Å². The Balaban J connectivity index is 1.82. The zero-order valence-corrected chi connectivity index (χ0v) is 12.6. The second-order valence-electron chi connectivity index (χ2n) is 6.19. The predicted octanol–water partition coefficient (Wildman–Crippen LogP) is 2.49. The van der Waals surface area contributed by atoms with Crippen LogP contribution in [0.15, 0.2) is 24.3 Å². The zero-order chi connectivity index (χ0) is 15.5. The fourth-order valence-electron chi connectivity index (χ4n) is 3.84. The van der Waals surface area contributed by atoms with Crippen molar-refractivity contribution in [3.63, 3.8) is 0 Å². The van der Waals surface area contributed by atoms with Gasteiger partial charge in [0.15, 0.2) is 0 Å². The molecule has 2 fully saturated rings. The summed E-state index contributed by atoms with van der Waals surface area (Å²) in [7, 11) is 0. The number of morpholine rings is 1. The Morgan fingerprint density at radius 2 is 1.95 bits per heavy atom. The van der Waals surface area contributed by atoms with E-state index in [2.05, 4.69) is 4.90 Å². The van der Waals surface area contributed by atoms with Crippen molar-refractivity contribution >= 4 is 5.97 Å². The molecule has 0 amide bonds. The summed E-state index contributed by atoms with van der Waals surface area (Å²) in [4.78, 5) is 13.9. The molecule has 2 aliphatic rings. The molecule has 0 radical (unpaired) electrons. The molecule has 0 aromatic heterocycles. The molecular weight excluding hydrogens is 285 g/mol. The van der Waals surface area contributed by atoms with E-state index in [0.717, 1.165) is 32.7 Å². The van der Waals surface area contributed by atoms with Crippen LogP contribution in [0.3, 0.4) is 0 Å². The maximum absolute atomic E-state index is 14.2. The van der Waals surface area contributed by atoms with Crippen molar-refractivity contribution in [3.05, 3.63) is 35.6 Å². The number of aliphatic carboxylic acids is 1. The lowest BCUT2D eigenvalue weighted by Gasteiger charge is -2.41. The SMILES string of the molecule is O=C(O)[C@@H]1CC[C@@H](N2CCOCC2)C[C@H]1c1ccccc1F. The first-order valence-electron chi connectivity index (χ1n) is 7.96. The number of hydrogen-bond acceptors (Lipinski definition) is 3. The molecule has 1 aliphatic heterocycles. The molecule has 0 unspecified atom stereocenters. The standard InChI is InChI=1S/C17H22FNO3/c18-16-4-2-1-3-13(16)15-11-12(5-6-14(15)17(20)21)19-7-9-22-10-8-19/h1-4,12,14-15H,5-11H2,(H,20,21)/t12-,14-,15+/m1/s1. The minimum Gasteiger partial charge on any atom is -0.481 e. The average molecular weight is 307 g/mol. The molecule has 3 atom stereocenters. The third-order valence-electron chi connectivity index (χ3n) is 5.01. The van der Waals surface area contributed by atoms with Gasteiger partial charge in [-0.2, -0.15) is 0 Å². The van der Waals surface area contributed by atoms with Gasteiger partial charge in [-0.05, 0) is 30.9 Å². The summed E-state index contributed by atoms with van der Waals surface area (Å²) >= 11 is 0. The van der Waals surface area contributed by atoms with E-state index < -0.39 is 11.9 Å².